The lowest BCUT2D eigenvalue weighted by molar-refractivity contribution is 0.667. The summed E-state index contributed by atoms with van der Waals surface area (Å²) in [5, 5.41) is 11.7. The third-order valence-corrected chi connectivity index (χ3v) is 16.7. The van der Waals surface area contributed by atoms with E-state index in [1.165, 1.54) is 54.6 Å². The standard InChI is InChI=1S/C75H50N2O2/c1-75(2)66-45-50-43-53(76(51-25-11-5-12-26-51)67-37-19-35-62-60-33-17-31-55(71(60)78-73(62)67)47-21-7-3-8-22-47)40-39-49(50)44-65(66)69-58-30-16-15-29-57(58)64-46-54(41-42-59(64)70(69)75)77(52-27-13-6-14-28-52)68-38-20-36-63-61-34-18-32-56(72(61)79-74(63)68)48-23-9-4-10-24-48/h3-46H,1-2H3. The number of hydrogen-bond donors (Lipinski definition) is 0. The van der Waals surface area contributed by atoms with Crippen molar-refractivity contribution < 1.29 is 8.83 Å². The quantitative estimate of drug-likeness (QED) is 0.142. The summed E-state index contributed by atoms with van der Waals surface area (Å²) in [5.74, 6) is 0. The molecule has 0 bridgehead atoms. The Hall–Kier alpha value is -10.2. The summed E-state index contributed by atoms with van der Waals surface area (Å²) in [5.41, 5.74) is 19.1. The fourth-order valence-electron chi connectivity index (χ4n) is 13.2. The van der Waals surface area contributed by atoms with Gasteiger partial charge in [-0.1, -0.05) is 208 Å². The van der Waals surface area contributed by atoms with Gasteiger partial charge in [-0.25, -0.2) is 0 Å². The molecule has 2 heterocycles. The lowest BCUT2D eigenvalue weighted by Gasteiger charge is -2.28. The third-order valence-electron chi connectivity index (χ3n) is 16.7. The van der Waals surface area contributed by atoms with E-state index in [0.29, 0.717) is 0 Å². The molecule has 79 heavy (non-hydrogen) atoms. The molecule has 0 fully saturated rings. The predicted octanol–water partition coefficient (Wildman–Crippen LogP) is 21.5. The zero-order valence-corrected chi connectivity index (χ0v) is 43.6. The Balaban J connectivity index is 0.850. The molecule has 0 saturated carbocycles. The molecule has 0 aliphatic heterocycles. The highest BCUT2D eigenvalue weighted by atomic mass is 16.3. The van der Waals surface area contributed by atoms with Crippen molar-refractivity contribution >= 4 is 110 Å². The molecule has 2 aromatic heterocycles. The Morgan fingerprint density at radius 1 is 0.291 bits per heavy atom. The molecule has 0 atom stereocenters. The number of para-hydroxylation sites is 6. The first-order chi connectivity index (χ1) is 39.0. The summed E-state index contributed by atoms with van der Waals surface area (Å²) >= 11 is 0. The zero-order valence-electron chi connectivity index (χ0n) is 43.6. The first-order valence-electron chi connectivity index (χ1n) is 27.2. The van der Waals surface area contributed by atoms with Gasteiger partial charge in [0, 0.05) is 60.8 Å². The summed E-state index contributed by atoms with van der Waals surface area (Å²) in [6, 6.07) is 96.4. The lowest BCUT2D eigenvalue weighted by atomic mass is 9.79. The van der Waals surface area contributed by atoms with E-state index >= 15 is 0 Å². The molecule has 4 heteroatoms. The second-order valence-corrected chi connectivity index (χ2v) is 21.5. The summed E-state index contributed by atoms with van der Waals surface area (Å²) in [4.78, 5) is 4.72. The van der Waals surface area contributed by atoms with Crippen molar-refractivity contribution in [2.45, 2.75) is 19.3 Å². The minimum Gasteiger partial charge on any atom is -0.453 e. The van der Waals surface area contributed by atoms with E-state index in [1.54, 1.807) is 0 Å². The van der Waals surface area contributed by atoms with Gasteiger partial charge in [0.2, 0.25) is 0 Å². The van der Waals surface area contributed by atoms with Crippen LogP contribution < -0.4 is 9.80 Å². The summed E-state index contributed by atoms with van der Waals surface area (Å²) < 4.78 is 14.1. The smallest absolute Gasteiger partial charge is 0.159 e. The van der Waals surface area contributed by atoms with Crippen LogP contribution in [0.4, 0.5) is 34.1 Å². The van der Waals surface area contributed by atoms with Crippen LogP contribution in [0, 0.1) is 0 Å². The Labute approximate surface area is 457 Å². The van der Waals surface area contributed by atoms with Gasteiger partial charge in [0.1, 0.15) is 11.2 Å². The van der Waals surface area contributed by atoms with Crippen LogP contribution in [0.1, 0.15) is 25.0 Å². The number of anilines is 6. The molecule has 0 N–H and O–H groups in total. The number of rotatable bonds is 8. The van der Waals surface area contributed by atoms with Crippen molar-refractivity contribution in [2.24, 2.45) is 0 Å². The molecule has 0 saturated heterocycles. The first-order valence-corrected chi connectivity index (χ1v) is 27.2. The summed E-state index contributed by atoms with van der Waals surface area (Å²) in [6.45, 7) is 4.83. The van der Waals surface area contributed by atoms with Gasteiger partial charge in [-0.15, -0.1) is 0 Å². The van der Waals surface area contributed by atoms with Crippen LogP contribution in [-0.4, -0.2) is 0 Å². The molecule has 13 aromatic carbocycles. The van der Waals surface area contributed by atoms with Crippen molar-refractivity contribution in [3.05, 3.63) is 278 Å². The SMILES string of the molecule is CC1(C)c2cc3cc(N(c4ccccc4)c4cccc5c4oc4c(-c6ccccc6)cccc45)ccc3cc2-c2c1c1ccc(N(c3ccccc3)c3cccc4c3oc3c(-c5ccccc5)cccc34)cc1c1ccccc21. The monoisotopic (exact) mass is 1010 g/mol. The van der Waals surface area contributed by atoms with Crippen LogP contribution >= 0.6 is 0 Å². The molecule has 0 unspecified atom stereocenters. The molecule has 0 radical (unpaired) electrons. The molecule has 372 valence electrons. The molecule has 4 nitrogen and oxygen atoms in total. The van der Waals surface area contributed by atoms with Crippen molar-refractivity contribution in [3.8, 4) is 33.4 Å². The number of furan rings is 2. The molecule has 0 spiro atoms. The van der Waals surface area contributed by atoms with Crippen LogP contribution in [0.15, 0.2) is 276 Å². The molecule has 16 rings (SSSR count). The minimum absolute atomic E-state index is 0.330. The van der Waals surface area contributed by atoms with E-state index < -0.39 is 0 Å². The number of hydrogen-bond acceptors (Lipinski definition) is 4. The van der Waals surface area contributed by atoms with Crippen LogP contribution in [0.3, 0.4) is 0 Å². The minimum atomic E-state index is -0.330. The normalized spacial score (nSPS) is 12.8. The average molecular weight is 1010 g/mol. The van der Waals surface area contributed by atoms with Gasteiger partial charge in [0.05, 0.1) is 11.4 Å². The van der Waals surface area contributed by atoms with E-state index in [1.807, 2.05) is 0 Å². The van der Waals surface area contributed by atoms with E-state index in [0.717, 1.165) is 100 Å². The molecule has 15 aromatic rings. The molecular weight excluding hydrogens is 961 g/mol. The number of benzene rings is 13. The maximum absolute atomic E-state index is 7.07. The second kappa shape index (κ2) is 17.4. The lowest BCUT2D eigenvalue weighted by Crippen LogP contribution is -2.16. The maximum atomic E-state index is 7.07. The maximum Gasteiger partial charge on any atom is 0.159 e. The summed E-state index contributed by atoms with van der Waals surface area (Å²) in [6.07, 6.45) is 0. The molecule has 1 aliphatic rings. The van der Waals surface area contributed by atoms with E-state index in [4.69, 9.17) is 8.83 Å². The molecule has 1 aliphatic carbocycles. The van der Waals surface area contributed by atoms with Gasteiger partial charge >= 0.3 is 0 Å². The van der Waals surface area contributed by atoms with Crippen LogP contribution in [0.5, 0.6) is 0 Å². The second-order valence-electron chi connectivity index (χ2n) is 21.5. The number of nitrogens with zero attached hydrogens (tertiary/aromatic N) is 2. The third kappa shape index (κ3) is 6.87. The van der Waals surface area contributed by atoms with Crippen LogP contribution in [-0.2, 0) is 5.41 Å². The highest BCUT2D eigenvalue weighted by molar-refractivity contribution is 6.21. The largest absolute Gasteiger partial charge is 0.453 e. The molecular formula is C75H50N2O2. The number of fused-ring (bicyclic) bond motifs is 15. The first kappa shape index (κ1) is 45.1. The fraction of sp³-hybridized carbons (Fsp3) is 0.0400. The van der Waals surface area contributed by atoms with Crippen molar-refractivity contribution in [1.29, 1.82) is 0 Å². The van der Waals surface area contributed by atoms with Gasteiger partial charge in [-0.2, -0.15) is 0 Å². The Morgan fingerprint density at radius 3 is 1.30 bits per heavy atom. The van der Waals surface area contributed by atoms with E-state index in [-0.39, 0.29) is 5.41 Å². The van der Waals surface area contributed by atoms with Crippen molar-refractivity contribution in [1.82, 2.24) is 0 Å². The Kier molecular flexibility index (Phi) is 9.95. The zero-order chi connectivity index (χ0) is 52.3. The Bertz CT molecular complexity index is 4920. The average Bonchev–Trinajstić information content (AvgIpc) is 4.38. The van der Waals surface area contributed by atoms with E-state index in [2.05, 4.69) is 291 Å². The Morgan fingerprint density at radius 2 is 0.747 bits per heavy atom. The fourth-order valence-corrected chi connectivity index (χ4v) is 13.2. The van der Waals surface area contributed by atoms with Crippen molar-refractivity contribution in [3.63, 3.8) is 0 Å². The van der Waals surface area contributed by atoms with Crippen molar-refractivity contribution in [2.75, 3.05) is 9.80 Å². The van der Waals surface area contributed by atoms with Crippen LogP contribution in [0.2, 0.25) is 0 Å². The van der Waals surface area contributed by atoms with Gasteiger partial charge in [0.15, 0.2) is 11.2 Å². The van der Waals surface area contributed by atoms with Gasteiger partial charge < -0.3 is 18.6 Å². The van der Waals surface area contributed by atoms with Gasteiger partial charge in [0.25, 0.3) is 0 Å². The predicted molar refractivity (Wildman–Crippen MR) is 331 cm³/mol. The summed E-state index contributed by atoms with van der Waals surface area (Å²) in [7, 11) is 0. The highest BCUT2D eigenvalue weighted by Crippen LogP contribution is 2.57. The van der Waals surface area contributed by atoms with Gasteiger partial charge in [-0.3, -0.25) is 0 Å². The highest BCUT2D eigenvalue weighted by Gasteiger charge is 2.39. The topological polar surface area (TPSA) is 32.8 Å². The van der Waals surface area contributed by atoms with Crippen LogP contribution in [0.25, 0.3) is 110 Å². The van der Waals surface area contributed by atoms with E-state index in [9.17, 15) is 0 Å². The van der Waals surface area contributed by atoms with Gasteiger partial charge in [-0.05, 0) is 138 Å². The molecule has 0 amide bonds.